The van der Waals surface area contributed by atoms with Crippen LogP contribution in [0.1, 0.15) is 46.6 Å². The monoisotopic (exact) mass is 321 g/mol. The maximum Gasteiger partial charge on any atom is 0.161 e. The van der Waals surface area contributed by atoms with Crippen molar-refractivity contribution in [1.82, 2.24) is 4.90 Å². The maximum atomic E-state index is 10.7. The van der Waals surface area contributed by atoms with Crippen molar-refractivity contribution >= 4 is 0 Å². The van der Waals surface area contributed by atoms with Gasteiger partial charge in [-0.25, -0.2) is 0 Å². The summed E-state index contributed by atoms with van der Waals surface area (Å²) in [4.78, 5) is 1.95. The predicted octanol–water partition coefficient (Wildman–Crippen LogP) is 3.03. The van der Waals surface area contributed by atoms with E-state index in [9.17, 15) is 5.11 Å². The van der Waals surface area contributed by atoms with Gasteiger partial charge in [0.05, 0.1) is 20.3 Å². The molecule has 2 aliphatic heterocycles. The first-order valence-corrected chi connectivity index (χ1v) is 8.49. The largest absolute Gasteiger partial charge is 0.493 e. The van der Waals surface area contributed by atoms with Gasteiger partial charge >= 0.3 is 0 Å². The van der Waals surface area contributed by atoms with Crippen LogP contribution in [-0.4, -0.2) is 43.4 Å². The fourth-order valence-corrected chi connectivity index (χ4v) is 3.85. The summed E-state index contributed by atoms with van der Waals surface area (Å²) in [5.41, 5.74) is 2.21. The smallest absolute Gasteiger partial charge is 0.161 e. The van der Waals surface area contributed by atoms with E-state index in [1.54, 1.807) is 14.2 Å². The lowest BCUT2D eigenvalue weighted by molar-refractivity contribution is -0.0191. The Morgan fingerprint density at radius 3 is 2.65 bits per heavy atom. The highest BCUT2D eigenvalue weighted by molar-refractivity contribution is 5.49. The first kappa shape index (κ1) is 14.1. The molecule has 1 aromatic carbocycles. The molecule has 0 amide bonds. The number of hydrogen-bond acceptors (Lipinski definition) is 4. The van der Waals surface area contributed by atoms with E-state index in [-0.39, 0.29) is 12.0 Å². The van der Waals surface area contributed by atoms with Gasteiger partial charge in [0, 0.05) is 21.8 Å². The molecule has 2 heterocycles. The van der Waals surface area contributed by atoms with Gasteiger partial charge in [0.1, 0.15) is 0 Å². The van der Waals surface area contributed by atoms with E-state index in [2.05, 4.69) is 13.8 Å². The standard InChI is InChI=1S/C19H29NO3/c1-12(2)7-14-11-20-6-5-13-8-18(22-3)19(23-4)9-15(13)16(20)10-17(14)21/h8-9,12,14,16-17,21H,5-7,10-11H2,1-4H3/t14-,16-,17+/m0/s1/i11D2. The van der Waals surface area contributed by atoms with Crippen LogP contribution in [0.2, 0.25) is 0 Å². The Morgan fingerprint density at radius 2 is 2.00 bits per heavy atom. The van der Waals surface area contributed by atoms with E-state index in [1.807, 2.05) is 17.0 Å². The van der Waals surface area contributed by atoms with Crippen LogP contribution in [-0.2, 0) is 6.42 Å². The number of hydrogen-bond donors (Lipinski definition) is 1. The van der Waals surface area contributed by atoms with Gasteiger partial charge in [-0.2, -0.15) is 0 Å². The van der Waals surface area contributed by atoms with Crippen LogP contribution >= 0.6 is 0 Å². The van der Waals surface area contributed by atoms with E-state index in [0.717, 1.165) is 17.5 Å². The number of ether oxygens (including phenoxy) is 2. The summed E-state index contributed by atoms with van der Waals surface area (Å²) in [5, 5.41) is 10.7. The minimum Gasteiger partial charge on any atom is -0.493 e. The molecule has 2 aliphatic rings. The molecule has 4 heteroatoms. The lowest BCUT2D eigenvalue weighted by Gasteiger charge is -2.46. The summed E-state index contributed by atoms with van der Waals surface area (Å²) < 4.78 is 28.3. The van der Waals surface area contributed by atoms with Crippen molar-refractivity contribution in [1.29, 1.82) is 0 Å². The molecule has 0 bridgehead atoms. The summed E-state index contributed by atoms with van der Waals surface area (Å²) in [6, 6.07) is 3.82. The topological polar surface area (TPSA) is 41.9 Å². The number of methoxy groups -OCH3 is 2. The number of benzene rings is 1. The normalized spacial score (nSPS) is 31.0. The number of rotatable bonds is 4. The van der Waals surface area contributed by atoms with Gasteiger partial charge in [-0.3, -0.25) is 4.90 Å². The molecule has 0 aromatic heterocycles. The Bertz CT molecular complexity index is 635. The summed E-state index contributed by atoms with van der Waals surface area (Å²) >= 11 is 0. The molecular weight excluding hydrogens is 290 g/mol. The number of piperidine rings is 1. The molecule has 0 saturated carbocycles. The molecule has 4 nitrogen and oxygen atoms in total. The highest BCUT2D eigenvalue weighted by atomic mass is 16.5. The number of fused-ring (bicyclic) bond motifs is 3. The van der Waals surface area contributed by atoms with Crippen molar-refractivity contribution in [3.63, 3.8) is 0 Å². The highest BCUT2D eigenvalue weighted by Crippen LogP contribution is 2.43. The molecule has 0 radical (unpaired) electrons. The zero-order valence-electron chi connectivity index (χ0n) is 16.5. The molecule has 0 aliphatic carbocycles. The molecule has 1 saturated heterocycles. The number of aliphatic hydroxyl groups excluding tert-OH is 1. The van der Waals surface area contributed by atoms with Crippen molar-refractivity contribution in [3.05, 3.63) is 23.3 Å². The average molecular weight is 321 g/mol. The Kier molecular flexibility index (Phi) is 4.11. The van der Waals surface area contributed by atoms with Gasteiger partial charge in [-0.05, 0) is 54.4 Å². The summed E-state index contributed by atoms with van der Waals surface area (Å²) in [5.74, 6) is 1.35. The third-order valence-electron chi connectivity index (χ3n) is 4.99. The Balaban J connectivity index is 1.99. The lowest BCUT2D eigenvalue weighted by atomic mass is 9.79. The molecule has 23 heavy (non-hydrogen) atoms. The van der Waals surface area contributed by atoms with Crippen LogP contribution in [0.5, 0.6) is 11.5 Å². The van der Waals surface area contributed by atoms with Crippen LogP contribution in [0.3, 0.4) is 0 Å². The molecule has 128 valence electrons. The van der Waals surface area contributed by atoms with Crippen molar-refractivity contribution in [2.45, 2.75) is 45.3 Å². The van der Waals surface area contributed by atoms with Crippen molar-refractivity contribution in [3.8, 4) is 11.5 Å². The van der Waals surface area contributed by atoms with Gasteiger partial charge in [0.15, 0.2) is 11.5 Å². The fourth-order valence-electron chi connectivity index (χ4n) is 3.85. The van der Waals surface area contributed by atoms with E-state index in [1.165, 1.54) is 0 Å². The minimum atomic E-state index is -1.52. The molecular formula is C19H29NO3. The summed E-state index contributed by atoms with van der Waals surface area (Å²) in [7, 11) is 3.23. The van der Waals surface area contributed by atoms with Gasteiger partial charge < -0.3 is 14.6 Å². The molecule has 1 N–H and O–H groups in total. The van der Waals surface area contributed by atoms with Gasteiger partial charge in [0.25, 0.3) is 0 Å². The maximum absolute atomic E-state index is 10.7. The zero-order valence-corrected chi connectivity index (χ0v) is 14.5. The van der Waals surface area contributed by atoms with Gasteiger partial charge in [0.2, 0.25) is 0 Å². The van der Waals surface area contributed by atoms with Crippen molar-refractivity contribution in [2.24, 2.45) is 11.8 Å². The number of aliphatic hydroxyl groups is 1. The Morgan fingerprint density at radius 1 is 1.30 bits per heavy atom. The quantitative estimate of drug-likeness (QED) is 0.925. The Hall–Kier alpha value is -1.26. The van der Waals surface area contributed by atoms with Gasteiger partial charge in [-0.15, -0.1) is 0 Å². The van der Waals surface area contributed by atoms with Crippen LogP contribution in [0.4, 0.5) is 0 Å². The second-order valence-electron chi connectivity index (χ2n) is 7.03. The zero-order chi connectivity index (χ0) is 18.4. The van der Waals surface area contributed by atoms with Gasteiger partial charge in [-0.1, -0.05) is 13.8 Å². The van der Waals surface area contributed by atoms with Crippen LogP contribution < -0.4 is 9.47 Å². The van der Waals surface area contributed by atoms with E-state index < -0.39 is 12.6 Å². The first-order valence-electron chi connectivity index (χ1n) is 9.49. The van der Waals surface area contributed by atoms with E-state index in [4.69, 9.17) is 12.2 Å². The lowest BCUT2D eigenvalue weighted by Crippen LogP contribution is -2.48. The predicted molar refractivity (Wildman–Crippen MR) is 91.1 cm³/mol. The van der Waals surface area contributed by atoms with Crippen LogP contribution in [0, 0.1) is 11.8 Å². The second kappa shape index (κ2) is 6.70. The third kappa shape index (κ3) is 3.20. The molecule has 0 spiro atoms. The number of nitrogens with zero attached hydrogens (tertiary/aromatic N) is 1. The fraction of sp³-hybridized carbons (Fsp3) is 0.684. The Labute approximate surface area is 142 Å². The van der Waals surface area contributed by atoms with Crippen LogP contribution in [0.25, 0.3) is 0 Å². The van der Waals surface area contributed by atoms with Crippen molar-refractivity contribution in [2.75, 3.05) is 27.3 Å². The highest BCUT2D eigenvalue weighted by Gasteiger charge is 2.38. The first-order chi connectivity index (χ1) is 11.8. The SMILES string of the molecule is [2H]C1([2H])[C@H](CC(C)C)[C@H](O)C[C@H]2c3cc(OC)c(OC)cc3CCN21. The molecule has 3 rings (SSSR count). The summed E-state index contributed by atoms with van der Waals surface area (Å²) in [6.07, 6.45) is 1.38. The van der Waals surface area contributed by atoms with E-state index >= 15 is 0 Å². The minimum absolute atomic E-state index is 0.128. The average Bonchev–Trinajstić information content (AvgIpc) is 2.57. The molecule has 3 atom stereocenters. The summed E-state index contributed by atoms with van der Waals surface area (Å²) in [6.45, 7) is 3.30. The molecule has 0 unspecified atom stereocenters. The second-order valence-corrected chi connectivity index (χ2v) is 7.03. The van der Waals surface area contributed by atoms with Crippen molar-refractivity contribution < 1.29 is 17.3 Å². The molecule has 1 fully saturated rings. The van der Waals surface area contributed by atoms with Crippen LogP contribution in [0.15, 0.2) is 12.1 Å². The molecule has 1 aromatic rings. The van der Waals surface area contributed by atoms with E-state index in [0.29, 0.717) is 36.8 Å². The third-order valence-corrected chi connectivity index (χ3v) is 4.99.